The molecule has 10 nitrogen and oxygen atoms in total. The van der Waals surface area contributed by atoms with Gasteiger partial charge in [0.2, 0.25) is 11.8 Å². The Balaban J connectivity index is 2.05. The maximum absolute atomic E-state index is 13.9. The molecule has 0 fully saturated rings. The number of carbonyl (C=O) groups is 2. The third-order valence-corrected chi connectivity index (χ3v) is 8.86. The zero-order chi connectivity index (χ0) is 30.3. The first kappa shape index (κ1) is 31.9. The number of sulfonamides is 1. The Morgan fingerprint density at radius 3 is 2.20 bits per heavy atom. The summed E-state index contributed by atoms with van der Waals surface area (Å²) in [6, 6.07) is 15.9. The fourth-order valence-electron chi connectivity index (χ4n) is 3.87. The third-order valence-electron chi connectivity index (χ3n) is 6.48. The number of nitrogens with one attached hydrogen (secondary N) is 1. The molecule has 3 aromatic rings. The molecule has 0 aromatic heterocycles. The van der Waals surface area contributed by atoms with E-state index in [2.05, 4.69) is 5.32 Å². The van der Waals surface area contributed by atoms with E-state index in [4.69, 9.17) is 23.2 Å². The van der Waals surface area contributed by atoms with Gasteiger partial charge in [-0.25, -0.2) is 8.42 Å². The molecular formula is C28H30Cl2N4O6S. The van der Waals surface area contributed by atoms with Crippen molar-refractivity contribution in [3.63, 3.8) is 0 Å². The molecule has 1 N–H and O–H groups in total. The average Bonchev–Trinajstić information content (AvgIpc) is 2.95. The zero-order valence-electron chi connectivity index (χ0n) is 22.7. The first-order chi connectivity index (χ1) is 19.3. The first-order valence-electron chi connectivity index (χ1n) is 12.7. The molecule has 13 heteroatoms. The van der Waals surface area contributed by atoms with Crippen molar-refractivity contribution in [1.29, 1.82) is 0 Å². The van der Waals surface area contributed by atoms with Gasteiger partial charge in [0.15, 0.2) is 0 Å². The Morgan fingerprint density at radius 2 is 1.63 bits per heavy atom. The van der Waals surface area contributed by atoms with E-state index in [1.54, 1.807) is 37.3 Å². The maximum atomic E-state index is 13.9. The Morgan fingerprint density at radius 1 is 1.00 bits per heavy atom. The number of nitro benzene ring substituents is 1. The molecule has 0 aliphatic carbocycles. The van der Waals surface area contributed by atoms with Crippen LogP contribution in [-0.4, -0.2) is 48.7 Å². The number of hydrogen-bond acceptors (Lipinski definition) is 6. The lowest BCUT2D eigenvalue weighted by molar-refractivity contribution is -0.384. The monoisotopic (exact) mass is 620 g/mol. The van der Waals surface area contributed by atoms with Crippen molar-refractivity contribution in [2.45, 2.75) is 50.7 Å². The van der Waals surface area contributed by atoms with Crippen LogP contribution in [0.15, 0.2) is 77.7 Å². The second-order valence-corrected chi connectivity index (χ2v) is 12.1. The molecule has 0 unspecified atom stereocenters. The number of nitrogens with zero attached hydrogens (tertiary/aromatic N) is 3. The number of rotatable bonds is 12. The van der Waals surface area contributed by atoms with Gasteiger partial charge in [-0.1, -0.05) is 54.4 Å². The number of nitro groups is 1. The standard InChI is InChI=1S/C28H30Cl2N4O6S/c1-4-19(2)31-28(36)20(3)32(17-21-10-11-22(29)16-26(21)30)27(35)18-33(23-12-14-24(15-13-23)34(37)38)41(39,40)25-8-6-5-7-9-25/h5-16,19-20H,4,17-18H2,1-3H3,(H,31,36)/t19-,20+/m1/s1. The van der Waals surface area contributed by atoms with Crippen molar-refractivity contribution in [2.75, 3.05) is 10.8 Å². The van der Waals surface area contributed by atoms with Crippen molar-refractivity contribution in [1.82, 2.24) is 10.2 Å². The molecule has 0 aliphatic rings. The van der Waals surface area contributed by atoms with Crippen LogP contribution in [0.2, 0.25) is 10.0 Å². The van der Waals surface area contributed by atoms with Crippen molar-refractivity contribution in [3.05, 3.63) is 98.5 Å². The van der Waals surface area contributed by atoms with E-state index in [0.29, 0.717) is 17.0 Å². The largest absolute Gasteiger partial charge is 0.352 e. The van der Waals surface area contributed by atoms with E-state index in [1.165, 1.54) is 35.2 Å². The molecule has 0 heterocycles. The van der Waals surface area contributed by atoms with E-state index in [1.807, 2.05) is 13.8 Å². The van der Waals surface area contributed by atoms with Gasteiger partial charge in [-0.2, -0.15) is 0 Å². The zero-order valence-corrected chi connectivity index (χ0v) is 25.0. The smallest absolute Gasteiger partial charge is 0.269 e. The molecule has 0 saturated heterocycles. The molecule has 218 valence electrons. The fourth-order valence-corrected chi connectivity index (χ4v) is 5.77. The molecule has 0 aliphatic heterocycles. The molecule has 0 radical (unpaired) electrons. The second-order valence-electron chi connectivity index (χ2n) is 9.35. The van der Waals surface area contributed by atoms with Crippen LogP contribution < -0.4 is 9.62 Å². The van der Waals surface area contributed by atoms with E-state index in [9.17, 15) is 28.1 Å². The quantitative estimate of drug-likeness (QED) is 0.212. The van der Waals surface area contributed by atoms with Gasteiger partial charge in [0.05, 0.1) is 15.5 Å². The SMILES string of the molecule is CC[C@@H](C)NC(=O)[C@H](C)N(Cc1ccc(Cl)cc1Cl)C(=O)CN(c1ccc([N+](=O)[O-])cc1)S(=O)(=O)c1ccccc1. The van der Waals surface area contributed by atoms with Crippen LogP contribution in [0.1, 0.15) is 32.8 Å². The van der Waals surface area contributed by atoms with E-state index in [-0.39, 0.29) is 33.9 Å². The van der Waals surface area contributed by atoms with E-state index < -0.39 is 39.3 Å². The second kappa shape index (κ2) is 13.8. The van der Waals surface area contributed by atoms with Crippen LogP contribution in [0.25, 0.3) is 0 Å². The van der Waals surface area contributed by atoms with Crippen LogP contribution in [0, 0.1) is 10.1 Å². The van der Waals surface area contributed by atoms with Gasteiger partial charge in [-0.15, -0.1) is 0 Å². The van der Waals surface area contributed by atoms with Gasteiger partial charge in [0.1, 0.15) is 12.6 Å². The Labute approximate surface area is 249 Å². The summed E-state index contributed by atoms with van der Waals surface area (Å²) in [5.74, 6) is -1.12. The summed E-state index contributed by atoms with van der Waals surface area (Å²) in [6.45, 7) is 4.48. The lowest BCUT2D eigenvalue weighted by Crippen LogP contribution is -2.52. The normalized spacial score (nSPS) is 12.7. The minimum Gasteiger partial charge on any atom is -0.352 e. The van der Waals surface area contributed by atoms with Gasteiger partial charge < -0.3 is 10.2 Å². The maximum Gasteiger partial charge on any atom is 0.269 e. The van der Waals surface area contributed by atoms with Crippen LogP contribution >= 0.6 is 23.2 Å². The highest BCUT2D eigenvalue weighted by Crippen LogP contribution is 2.27. The molecule has 3 rings (SSSR count). The predicted molar refractivity (Wildman–Crippen MR) is 158 cm³/mol. The van der Waals surface area contributed by atoms with Crippen LogP contribution in [0.4, 0.5) is 11.4 Å². The van der Waals surface area contributed by atoms with Gasteiger partial charge in [0, 0.05) is 34.8 Å². The predicted octanol–water partition coefficient (Wildman–Crippen LogP) is 5.43. The van der Waals surface area contributed by atoms with Crippen molar-refractivity contribution in [2.24, 2.45) is 0 Å². The number of amides is 2. The number of hydrogen-bond donors (Lipinski definition) is 1. The first-order valence-corrected chi connectivity index (χ1v) is 14.9. The van der Waals surface area contributed by atoms with Crippen LogP contribution in [-0.2, 0) is 26.2 Å². The molecule has 2 amide bonds. The summed E-state index contributed by atoms with van der Waals surface area (Å²) in [6.07, 6.45) is 0.665. The minimum atomic E-state index is -4.30. The van der Waals surface area contributed by atoms with Crippen LogP contribution in [0.3, 0.4) is 0 Å². The van der Waals surface area contributed by atoms with Crippen molar-refractivity contribution >= 4 is 56.4 Å². The van der Waals surface area contributed by atoms with Crippen molar-refractivity contribution < 1.29 is 22.9 Å². The van der Waals surface area contributed by atoms with E-state index >= 15 is 0 Å². The third kappa shape index (κ3) is 7.96. The molecule has 41 heavy (non-hydrogen) atoms. The molecule has 2 atom stereocenters. The average molecular weight is 622 g/mol. The molecule has 0 saturated carbocycles. The lowest BCUT2D eigenvalue weighted by Gasteiger charge is -2.32. The van der Waals surface area contributed by atoms with Crippen molar-refractivity contribution in [3.8, 4) is 0 Å². The summed E-state index contributed by atoms with van der Waals surface area (Å²) >= 11 is 12.4. The van der Waals surface area contributed by atoms with Gasteiger partial charge in [-0.3, -0.25) is 24.0 Å². The van der Waals surface area contributed by atoms with Gasteiger partial charge >= 0.3 is 0 Å². The van der Waals surface area contributed by atoms with Gasteiger partial charge in [-0.05, 0) is 62.2 Å². The Hall–Kier alpha value is -3.67. The number of halogens is 2. The summed E-state index contributed by atoms with van der Waals surface area (Å²) in [7, 11) is -4.30. The number of anilines is 1. The summed E-state index contributed by atoms with van der Waals surface area (Å²) < 4.78 is 28.4. The minimum absolute atomic E-state index is 0.0361. The molecule has 3 aromatic carbocycles. The summed E-state index contributed by atoms with van der Waals surface area (Å²) in [5.41, 5.74) is 0.292. The summed E-state index contributed by atoms with van der Waals surface area (Å²) in [5, 5.41) is 14.7. The Bertz CT molecular complexity index is 1500. The Kier molecular flexibility index (Phi) is 10.7. The molecule has 0 bridgehead atoms. The number of benzene rings is 3. The fraction of sp³-hybridized carbons (Fsp3) is 0.286. The highest BCUT2D eigenvalue weighted by atomic mass is 35.5. The highest BCUT2D eigenvalue weighted by Gasteiger charge is 2.33. The summed E-state index contributed by atoms with van der Waals surface area (Å²) in [4.78, 5) is 38.8. The number of non-ortho nitro benzene ring substituents is 1. The highest BCUT2D eigenvalue weighted by molar-refractivity contribution is 7.92. The van der Waals surface area contributed by atoms with Gasteiger partial charge in [0.25, 0.3) is 15.7 Å². The van der Waals surface area contributed by atoms with E-state index in [0.717, 1.165) is 16.4 Å². The number of carbonyl (C=O) groups excluding carboxylic acids is 2. The topological polar surface area (TPSA) is 130 Å². The lowest BCUT2D eigenvalue weighted by atomic mass is 10.1. The molecule has 0 spiro atoms. The van der Waals surface area contributed by atoms with Crippen LogP contribution in [0.5, 0.6) is 0 Å². The molecular weight excluding hydrogens is 591 g/mol.